The summed E-state index contributed by atoms with van der Waals surface area (Å²) in [5, 5.41) is 0. The van der Waals surface area contributed by atoms with Gasteiger partial charge >= 0.3 is 0 Å². The van der Waals surface area contributed by atoms with Crippen LogP contribution in [0.1, 0.15) is 11.1 Å². The van der Waals surface area contributed by atoms with Gasteiger partial charge in [0.15, 0.2) is 0 Å². The molecule has 0 saturated carbocycles. The highest BCUT2D eigenvalue weighted by atomic mass is 19.1. The molecule has 0 amide bonds. The summed E-state index contributed by atoms with van der Waals surface area (Å²) in [5.74, 6) is -0.175. The van der Waals surface area contributed by atoms with E-state index in [0.29, 0.717) is 25.1 Å². The molecule has 1 aromatic rings. The lowest BCUT2D eigenvalue weighted by Gasteiger charge is -2.04. The molecule has 0 radical (unpaired) electrons. The second-order valence-corrected chi connectivity index (χ2v) is 3.00. The zero-order valence-corrected chi connectivity index (χ0v) is 7.59. The molecule has 4 N–H and O–H groups in total. The van der Waals surface area contributed by atoms with Gasteiger partial charge < -0.3 is 11.5 Å². The average Bonchev–Trinajstić information content (AvgIpc) is 2.12. The summed E-state index contributed by atoms with van der Waals surface area (Å²) in [6.45, 7) is 1.07. The van der Waals surface area contributed by atoms with Crippen molar-refractivity contribution in [2.45, 2.75) is 12.8 Å². The minimum Gasteiger partial charge on any atom is -0.330 e. The first kappa shape index (κ1) is 10.2. The number of rotatable bonds is 4. The molecule has 0 aliphatic heterocycles. The lowest BCUT2D eigenvalue weighted by Crippen LogP contribution is -2.07. The van der Waals surface area contributed by atoms with Gasteiger partial charge in [-0.2, -0.15) is 0 Å². The van der Waals surface area contributed by atoms with Gasteiger partial charge in [0.05, 0.1) is 0 Å². The van der Waals surface area contributed by atoms with Crippen LogP contribution in [-0.2, 0) is 12.8 Å². The van der Waals surface area contributed by atoms with Crippen molar-refractivity contribution in [3.8, 4) is 0 Å². The Morgan fingerprint density at radius 3 is 2.38 bits per heavy atom. The molecule has 13 heavy (non-hydrogen) atoms. The van der Waals surface area contributed by atoms with Crippen molar-refractivity contribution in [1.29, 1.82) is 0 Å². The maximum atomic E-state index is 13.1. The molecule has 0 bridgehead atoms. The number of benzene rings is 1. The van der Waals surface area contributed by atoms with Crippen molar-refractivity contribution in [3.05, 3.63) is 35.1 Å². The van der Waals surface area contributed by atoms with Gasteiger partial charge in [0, 0.05) is 0 Å². The summed E-state index contributed by atoms with van der Waals surface area (Å²) < 4.78 is 13.1. The van der Waals surface area contributed by atoms with Crippen molar-refractivity contribution in [3.63, 3.8) is 0 Å². The van der Waals surface area contributed by atoms with E-state index in [1.165, 1.54) is 6.07 Å². The summed E-state index contributed by atoms with van der Waals surface area (Å²) in [7, 11) is 0. The molecule has 1 rings (SSSR count). The topological polar surface area (TPSA) is 52.0 Å². The smallest absolute Gasteiger partial charge is 0.126 e. The molecule has 0 fully saturated rings. The van der Waals surface area contributed by atoms with Gasteiger partial charge in [0.2, 0.25) is 0 Å². The van der Waals surface area contributed by atoms with Crippen LogP contribution in [-0.4, -0.2) is 13.1 Å². The monoisotopic (exact) mass is 182 g/mol. The molecule has 72 valence electrons. The fraction of sp³-hybridized carbons (Fsp3) is 0.400. The Hall–Kier alpha value is -0.930. The Morgan fingerprint density at radius 2 is 1.77 bits per heavy atom. The highest BCUT2D eigenvalue weighted by molar-refractivity contribution is 5.25. The number of hydrogen-bond acceptors (Lipinski definition) is 2. The third kappa shape index (κ3) is 2.79. The number of halogens is 1. The largest absolute Gasteiger partial charge is 0.330 e. The molecule has 0 unspecified atom stereocenters. The van der Waals surface area contributed by atoms with Gasteiger partial charge in [-0.1, -0.05) is 12.1 Å². The van der Waals surface area contributed by atoms with Gasteiger partial charge in [0.25, 0.3) is 0 Å². The Balaban J connectivity index is 2.83. The van der Waals surface area contributed by atoms with E-state index in [1.54, 1.807) is 6.07 Å². The first-order valence-electron chi connectivity index (χ1n) is 4.45. The molecular weight excluding hydrogens is 167 g/mol. The SMILES string of the molecule is NCCc1ccc(F)c(CCN)c1. The average molecular weight is 182 g/mol. The van der Waals surface area contributed by atoms with Crippen LogP contribution in [0, 0.1) is 5.82 Å². The maximum Gasteiger partial charge on any atom is 0.126 e. The van der Waals surface area contributed by atoms with E-state index in [1.807, 2.05) is 6.07 Å². The standard InChI is InChI=1S/C10H15FN2/c11-10-2-1-8(3-5-12)7-9(10)4-6-13/h1-2,7H,3-6,12-13H2. The fourth-order valence-corrected chi connectivity index (χ4v) is 1.30. The zero-order valence-electron chi connectivity index (χ0n) is 7.59. The van der Waals surface area contributed by atoms with E-state index in [0.717, 1.165) is 12.0 Å². The van der Waals surface area contributed by atoms with Crippen LogP contribution in [0.3, 0.4) is 0 Å². The van der Waals surface area contributed by atoms with Crippen molar-refractivity contribution in [1.82, 2.24) is 0 Å². The molecule has 0 atom stereocenters. The van der Waals surface area contributed by atoms with Crippen LogP contribution in [0.4, 0.5) is 4.39 Å². The lowest BCUT2D eigenvalue weighted by atomic mass is 10.1. The van der Waals surface area contributed by atoms with Gasteiger partial charge in [-0.25, -0.2) is 4.39 Å². The second kappa shape index (κ2) is 4.94. The normalized spacial score (nSPS) is 10.4. The Bertz CT molecular complexity index is 274. The van der Waals surface area contributed by atoms with Crippen LogP contribution in [0.5, 0.6) is 0 Å². The third-order valence-corrected chi connectivity index (χ3v) is 1.96. The predicted octanol–water partition coefficient (Wildman–Crippen LogP) is 0.828. The molecule has 0 spiro atoms. The summed E-state index contributed by atoms with van der Waals surface area (Å²) >= 11 is 0. The van der Waals surface area contributed by atoms with Crippen molar-refractivity contribution < 1.29 is 4.39 Å². The molecule has 0 aliphatic carbocycles. The van der Waals surface area contributed by atoms with Gasteiger partial charge in [0.1, 0.15) is 5.82 Å². The van der Waals surface area contributed by atoms with Crippen LogP contribution < -0.4 is 11.5 Å². The quantitative estimate of drug-likeness (QED) is 0.724. The molecule has 0 aromatic heterocycles. The summed E-state index contributed by atoms with van der Waals surface area (Å²) in [6.07, 6.45) is 1.38. The van der Waals surface area contributed by atoms with E-state index >= 15 is 0 Å². The lowest BCUT2D eigenvalue weighted by molar-refractivity contribution is 0.608. The Kier molecular flexibility index (Phi) is 3.86. The zero-order chi connectivity index (χ0) is 9.68. The highest BCUT2D eigenvalue weighted by Crippen LogP contribution is 2.11. The first-order valence-corrected chi connectivity index (χ1v) is 4.45. The fourth-order valence-electron chi connectivity index (χ4n) is 1.30. The molecule has 1 aromatic carbocycles. The minimum absolute atomic E-state index is 0.175. The van der Waals surface area contributed by atoms with E-state index in [-0.39, 0.29) is 5.82 Å². The van der Waals surface area contributed by atoms with Crippen molar-refractivity contribution in [2.75, 3.05) is 13.1 Å². The van der Waals surface area contributed by atoms with Crippen LogP contribution in [0.15, 0.2) is 18.2 Å². The Labute approximate surface area is 77.7 Å². The van der Waals surface area contributed by atoms with Gasteiger partial charge in [-0.15, -0.1) is 0 Å². The molecule has 0 aliphatic rings. The van der Waals surface area contributed by atoms with Crippen LogP contribution in [0.2, 0.25) is 0 Å². The van der Waals surface area contributed by atoms with Crippen molar-refractivity contribution in [2.24, 2.45) is 11.5 Å². The number of hydrogen-bond donors (Lipinski definition) is 2. The second-order valence-electron chi connectivity index (χ2n) is 3.00. The van der Waals surface area contributed by atoms with E-state index < -0.39 is 0 Å². The molecule has 0 heterocycles. The summed E-state index contributed by atoms with van der Waals surface area (Å²) in [5.41, 5.74) is 12.5. The molecule has 2 nitrogen and oxygen atoms in total. The van der Waals surface area contributed by atoms with Crippen molar-refractivity contribution >= 4 is 0 Å². The van der Waals surface area contributed by atoms with Crippen LogP contribution in [0.25, 0.3) is 0 Å². The predicted molar refractivity (Wildman–Crippen MR) is 51.9 cm³/mol. The molecular formula is C10H15FN2. The Morgan fingerprint density at radius 1 is 1.08 bits per heavy atom. The van der Waals surface area contributed by atoms with Crippen LogP contribution >= 0.6 is 0 Å². The number of nitrogens with two attached hydrogens (primary N) is 2. The summed E-state index contributed by atoms with van der Waals surface area (Å²) in [6, 6.07) is 5.09. The minimum atomic E-state index is -0.175. The van der Waals surface area contributed by atoms with E-state index in [2.05, 4.69) is 0 Å². The van der Waals surface area contributed by atoms with E-state index in [4.69, 9.17) is 11.5 Å². The first-order chi connectivity index (χ1) is 6.27. The maximum absolute atomic E-state index is 13.1. The third-order valence-electron chi connectivity index (χ3n) is 1.96. The highest BCUT2D eigenvalue weighted by Gasteiger charge is 2.01. The molecule has 3 heteroatoms. The summed E-state index contributed by atoms with van der Waals surface area (Å²) in [4.78, 5) is 0. The van der Waals surface area contributed by atoms with Gasteiger partial charge in [-0.3, -0.25) is 0 Å². The van der Waals surface area contributed by atoms with E-state index in [9.17, 15) is 4.39 Å². The van der Waals surface area contributed by atoms with Gasteiger partial charge in [-0.05, 0) is 43.1 Å². The molecule has 0 saturated heterocycles.